The van der Waals surface area contributed by atoms with E-state index in [0.717, 1.165) is 19.4 Å². The molecule has 88 valence electrons. The first-order valence-electron chi connectivity index (χ1n) is 5.83. The highest BCUT2D eigenvalue weighted by Gasteiger charge is 2.26. The molecule has 0 aliphatic heterocycles. The molecular formula is C13H20N2O. The highest BCUT2D eigenvalue weighted by Crippen LogP contribution is 2.20. The summed E-state index contributed by atoms with van der Waals surface area (Å²) in [5.41, 5.74) is 2.52. The lowest BCUT2D eigenvalue weighted by atomic mass is 9.89. The molecule has 0 amide bonds. The molecule has 1 aromatic rings. The molecule has 0 bridgehead atoms. The van der Waals surface area contributed by atoms with Gasteiger partial charge in [0.15, 0.2) is 0 Å². The maximum atomic E-state index is 9.17. The quantitative estimate of drug-likeness (QED) is 0.804. The molecule has 16 heavy (non-hydrogen) atoms. The van der Waals surface area contributed by atoms with E-state index in [1.54, 1.807) is 0 Å². The van der Waals surface area contributed by atoms with Gasteiger partial charge in [-0.2, -0.15) is 0 Å². The lowest BCUT2D eigenvalue weighted by Crippen LogP contribution is -2.43. The van der Waals surface area contributed by atoms with E-state index in [1.807, 2.05) is 14.1 Å². The van der Waals surface area contributed by atoms with Crippen LogP contribution in [0.3, 0.4) is 0 Å². The van der Waals surface area contributed by atoms with Gasteiger partial charge >= 0.3 is 0 Å². The van der Waals surface area contributed by atoms with Crippen molar-refractivity contribution in [1.29, 1.82) is 0 Å². The second-order valence-electron chi connectivity index (χ2n) is 4.76. The van der Waals surface area contributed by atoms with Crippen molar-refractivity contribution in [2.45, 2.75) is 31.5 Å². The first-order valence-corrected chi connectivity index (χ1v) is 5.83. The third-order valence-corrected chi connectivity index (χ3v) is 3.16. The van der Waals surface area contributed by atoms with Gasteiger partial charge in [-0.15, -0.1) is 0 Å². The Bertz CT molecular complexity index is 328. The van der Waals surface area contributed by atoms with Crippen LogP contribution in [0.15, 0.2) is 24.3 Å². The normalized spacial score (nSPS) is 23.9. The van der Waals surface area contributed by atoms with Crippen molar-refractivity contribution >= 4 is 5.69 Å². The predicted molar refractivity (Wildman–Crippen MR) is 66.6 cm³/mol. The van der Waals surface area contributed by atoms with Crippen LogP contribution >= 0.6 is 0 Å². The van der Waals surface area contributed by atoms with Crippen molar-refractivity contribution in [2.75, 3.05) is 19.0 Å². The molecule has 2 N–H and O–H groups in total. The number of benzene rings is 1. The molecule has 0 radical (unpaired) electrons. The summed E-state index contributed by atoms with van der Waals surface area (Å²) >= 11 is 0. The van der Waals surface area contributed by atoms with Crippen molar-refractivity contribution < 1.29 is 5.11 Å². The van der Waals surface area contributed by atoms with E-state index >= 15 is 0 Å². The molecule has 1 saturated carbocycles. The van der Waals surface area contributed by atoms with Crippen LogP contribution in [0.4, 0.5) is 5.69 Å². The first kappa shape index (κ1) is 11.4. The number of aliphatic hydroxyl groups is 1. The summed E-state index contributed by atoms with van der Waals surface area (Å²) in [6.45, 7) is 0.894. The van der Waals surface area contributed by atoms with Crippen LogP contribution in [-0.2, 0) is 6.54 Å². The van der Waals surface area contributed by atoms with E-state index in [-0.39, 0.29) is 6.10 Å². The Morgan fingerprint density at radius 2 is 1.88 bits per heavy atom. The molecule has 1 aromatic carbocycles. The Hall–Kier alpha value is -1.06. The van der Waals surface area contributed by atoms with Crippen LogP contribution in [0.1, 0.15) is 18.4 Å². The van der Waals surface area contributed by atoms with Gasteiger partial charge in [0.05, 0.1) is 6.10 Å². The molecule has 0 unspecified atom stereocenters. The fourth-order valence-electron chi connectivity index (χ4n) is 1.93. The first-order chi connectivity index (χ1) is 7.65. The smallest absolute Gasteiger partial charge is 0.0570 e. The summed E-state index contributed by atoms with van der Waals surface area (Å²) in [4.78, 5) is 2.10. The van der Waals surface area contributed by atoms with Crippen molar-refractivity contribution in [2.24, 2.45) is 0 Å². The van der Waals surface area contributed by atoms with E-state index < -0.39 is 0 Å². The molecule has 0 spiro atoms. The van der Waals surface area contributed by atoms with Crippen LogP contribution in [0.5, 0.6) is 0 Å². The molecule has 1 aliphatic carbocycles. The second kappa shape index (κ2) is 4.85. The van der Waals surface area contributed by atoms with E-state index in [2.05, 4.69) is 34.5 Å². The Kier molecular flexibility index (Phi) is 3.46. The zero-order valence-electron chi connectivity index (χ0n) is 9.98. The maximum absolute atomic E-state index is 9.17. The lowest BCUT2D eigenvalue weighted by Gasteiger charge is -2.32. The number of hydrogen-bond donors (Lipinski definition) is 2. The van der Waals surface area contributed by atoms with Gasteiger partial charge in [-0.05, 0) is 30.5 Å². The van der Waals surface area contributed by atoms with Crippen LogP contribution in [0, 0.1) is 0 Å². The van der Waals surface area contributed by atoms with Crippen molar-refractivity contribution in [3.63, 3.8) is 0 Å². The third-order valence-electron chi connectivity index (χ3n) is 3.16. The van der Waals surface area contributed by atoms with Crippen LogP contribution in [0.2, 0.25) is 0 Å². The lowest BCUT2D eigenvalue weighted by molar-refractivity contribution is 0.0619. The topological polar surface area (TPSA) is 35.5 Å². The standard InChI is InChI=1S/C13H20N2O/c1-15(2)12-5-3-10(4-6-12)9-14-11-7-13(16)8-11/h3-6,11,13-14,16H,7-9H2,1-2H3. The second-order valence-corrected chi connectivity index (χ2v) is 4.76. The molecule has 1 fully saturated rings. The Morgan fingerprint density at radius 3 is 2.38 bits per heavy atom. The summed E-state index contributed by atoms with van der Waals surface area (Å²) in [5.74, 6) is 0. The molecule has 0 heterocycles. The Morgan fingerprint density at radius 1 is 1.25 bits per heavy atom. The van der Waals surface area contributed by atoms with Crippen LogP contribution < -0.4 is 10.2 Å². The highest BCUT2D eigenvalue weighted by molar-refractivity contribution is 5.45. The number of hydrogen-bond acceptors (Lipinski definition) is 3. The van der Waals surface area contributed by atoms with Gasteiger partial charge in [0.1, 0.15) is 0 Å². The average molecular weight is 220 g/mol. The number of aliphatic hydroxyl groups excluding tert-OH is 1. The van der Waals surface area contributed by atoms with Gasteiger partial charge in [0, 0.05) is 32.4 Å². The summed E-state index contributed by atoms with van der Waals surface area (Å²) in [6, 6.07) is 9.07. The van der Waals surface area contributed by atoms with E-state index in [0.29, 0.717) is 6.04 Å². The summed E-state index contributed by atoms with van der Waals surface area (Å²) < 4.78 is 0. The van der Waals surface area contributed by atoms with Gasteiger partial charge in [-0.25, -0.2) is 0 Å². The predicted octanol–water partition coefficient (Wildman–Crippen LogP) is 1.37. The number of anilines is 1. The SMILES string of the molecule is CN(C)c1ccc(CNC2CC(O)C2)cc1. The van der Waals surface area contributed by atoms with E-state index in [9.17, 15) is 0 Å². The van der Waals surface area contributed by atoms with Gasteiger partial charge < -0.3 is 15.3 Å². The van der Waals surface area contributed by atoms with Crippen molar-refractivity contribution in [3.8, 4) is 0 Å². The zero-order valence-corrected chi connectivity index (χ0v) is 9.98. The zero-order chi connectivity index (χ0) is 11.5. The molecule has 0 saturated heterocycles. The third kappa shape index (κ3) is 2.74. The van der Waals surface area contributed by atoms with Gasteiger partial charge in [0.2, 0.25) is 0 Å². The van der Waals surface area contributed by atoms with Crippen molar-refractivity contribution in [1.82, 2.24) is 5.32 Å². The minimum atomic E-state index is -0.0754. The molecule has 3 heteroatoms. The molecule has 2 rings (SSSR count). The number of nitrogens with one attached hydrogen (secondary N) is 1. The Labute approximate surface area is 97.1 Å². The van der Waals surface area contributed by atoms with Gasteiger partial charge in [-0.1, -0.05) is 12.1 Å². The fourth-order valence-corrected chi connectivity index (χ4v) is 1.93. The number of rotatable bonds is 4. The monoisotopic (exact) mass is 220 g/mol. The van der Waals surface area contributed by atoms with Crippen LogP contribution in [-0.4, -0.2) is 31.3 Å². The largest absolute Gasteiger partial charge is 0.393 e. The molecule has 0 atom stereocenters. The summed E-state index contributed by atoms with van der Waals surface area (Å²) in [7, 11) is 4.09. The van der Waals surface area contributed by atoms with Crippen LogP contribution in [0.25, 0.3) is 0 Å². The molecule has 1 aliphatic rings. The number of nitrogens with zero attached hydrogens (tertiary/aromatic N) is 1. The Balaban J connectivity index is 1.81. The summed E-state index contributed by atoms with van der Waals surface area (Å²) in [5, 5.41) is 12.6. The summed E-state index contributed by atoms with van der Waals surface area (Å²) in [6.07, 6.45) is 1.72. The average Bonchev–Trinajstić information content (AvgIpc) is 2.23. The fraction of sp³-hybridized carbons (Fsp3) is 0.538. The van der Waals surface area contributed by atoms with Crippen molar-refractivity contribution in [3.05, 3.63) is 29.8 Å². The van der Waals surface area contributed by atoms with E-state index in [1.165, 1.54) is 11.3 Å². The maximum Gasteiger partial charge on any atom is 0.0570 e. The minimum absolute atomic E-state index is 0.0754. The van der Waals surface area contributed by atoms with E-state index in [4.69, 9.17) is 5.11 Å². The van der Waals surface area contributed by atoms with Gasteiger partial charge in [0.25, 0.3) is 0 Å². The highest BCUT2D eigenvalue weighted by atomic mass is 16.3. The minimum Gasteiger partial charge on any atom is -0.393 e. The molecular weight excluding hydrogens is 200 g/mol. The molecule has 0 aromatic heterocycles. The molecule has 3 nitrogen and oxygen atoms in total. The van der Waals surface area contributed by atoms with Gasteiger partial charge in [-0.3, -0.25) is 0 Å².